The highest BCUT2D eigenvalue weighted by Crippen LogP contribution is 2.54. The SMILES string of the molecule is c1ccc(-c2cc3c(c(N(c4ccccc4)c4cccc5oc6ccccc6c45)c2-c2ccccc2)Cc2ccccc2-3)cc1. The van der Waals surface area contributed by atoms with Gasteiger partial charge in [-0.1, -0.05) is 127 Å². The Morgan fingerprint density at radius 3 is 1.93 bits per heavy atom. The van der Waals surface area contributed by atoms with E-state index < -0.39 is 0 Å². The van der Waals surface area contributed by atoms with Crippen molar-refractivity contribution in [1.29, 1.82) is 0 Å². The minimum absolute atomic E-state index is 0.862. The Morgan fingerprint density at radius 1 is 0.489 bits per heavy atom. The Bertz CT molecular complexity index is 2340. The molecule has 9 rings (SSSR count). The Morgan fingerprint density at radius 2 is 1.13 bits per heavy atom. The summed E-state index contributed by atoms with van der Waals surface area (Å²) in [5.74, 6) is 0. The Labute approximate surface area is 262 Å². The van der Waals surface area contributed by atoms with Crippen molar-refractivity contribution >= 4 is 39.0 Å². The molecule has 0 bridgehead atoms. The van der Waals surface area contributed by atoms with Crippen LogP contribution in [0.4, 0.5) is 17.1 Å². The van der Waals surface area contributed by atoms with Gasteiger partial charge >= 0.3 is 0 Å². The topological polar surface area (TPSA) is 16.4 Å². The molecule has 0 spiro atoms. The van der Waals surface area contributed by atoms with Crippen LogP contribution in [0.3, 0.4) is 0 Å². The number of rotatable bonds is 5. The fourth-order valence-electron chi connectivity index (χ4n) is 7.15. The maximum Gasteiger partial charge on any atom is 0.137 e. The van der Waals surface area contributed by atoms with Crippen LogP contribution in [-0.2, 0) is 6.42 Å². The molecule has 0 amide bonds. The van der Waals surface area contributed by atoms with E-state index >= 15 is 0 Å². The van der Waals surface area contributed by atoms with Gasteiger partial charge in [0.05, 0.1) is 16.8 Å². The van der Waals surface area contributed by atoms with Crippen LogP contribution in [0.1, 0.15) is 11.1 Å². The summed E-state index contributed by atoms with van der Waals surface area (Å²) < 4.78 is 6.44. The highest BCUT2D eigenvalue weighted by Gasteiger charge is 2.31. The molecule has 8 aromatic rings. The van der Waals surface area contributed by atoms with Gasteiger partial charge in [0.1, 0.15) is 11.2 Å². The molecule has 212 valence electrons. The highest BCUT2D eigenvalue weighted by atomic mass is 16.3. The van der Waals surface area contributed by atoms with Gasteiger partial charge in [-0.2, -0.15) is 0 Å². The van der Waals surface area contributed by atoms with Gasteiger partial charge in [0, 0.05) is 23.1 Å². The molecule has 0 radical (unpaired) electrons. The molecule has 1 aliphatic rings. The molecule has 2 nitrogen and oxygen atoms in total. The number of anilines is 3. The fraction of sp³-hybridized carbons (Fsp3) is 0.0233. The third kappa shape index (κ3) is 4.11. The van der Waals surface area contributed by atoms with E-state index in [0.717, 1.165) is 39.7 Å². The first-order valence-electron chi connectivity index (χ1n) is 15.5. The Kier molecular flexibility index (Phi) is 5.92. The number of hydrogen-bond acceptors (Lipinski definition) is 2. The molecule has 0 atom stereocenters. The van der Waals surface area contributed by atoms with E-state index in [1.807, 2.05) is 6.07 Å². The first-order chi connectivity index (χ1) is 22.3. The van der Waals surface area contributed by atoms with Crippen LogP contribution < -0.4 is 4.90 Å². The monoisotopic (exact) mass is 575 g/mol. The predicted molar refractivity (Wildman–Crippen MR) is 188 cm³/mol. The molecular weight excluding hydrogens is 546 g/mol. The van der Waals surface area contributed by atoms with Crippen LogP contribution in [0.5, 0.6) is 0 Å². The van der Waals surface area contributed by atoms with E-state index in [4.69, 9.17) is 4.42 Å². The van der Waals surface area contributed by atoms with Gasteiger partial charge in [-0.25, -0.2) is 0 Å². The lowest BCUT2D eigenvalue weighted by Gasteiger charge is -2.32. The number of fused-ring (bicyclic) bond motifs is 6. The first-order valence-corrected chi connectivity index (χ1v) is 15.5. The minimum Gasteiger partial charge on any atom is -0.456 e. The molecule has 1 aliphatic carbocycles. The Balaban J connectivity index is 1.47. The molecule has 1 heterocycles. The van der Waals surface area contributed by atoms with E-state index in [9.17, 15) is 0 Å². The van der Waals surface area contributed by atoms with Gasteiger partial charge in [0.15, 0.2) is 0 Å². The average Bonchev–Trinajstić information content (AvgIpc) is 3.68. The van der Waals surface area contributed by atoms with Crippen molar-refractivity contribution in [3.8, 4) is 33.4 Å². The number of para-hydroxylation sites is 2. The van der Waals surface area contributed by atoms with Crippen LogP contribution in [0, 0.1) is 0 Å². The van der Waals surface area contributed by atoms with Gasteiger partial charge in [0.2, 0.25) is 0 Å². The lowest BCUT2D eigenvalue weighted by atomic mass is 9.87. The molecule has 0 saturated heterocycles. The maximum atomic E-state index is 6.44. The third-order valence-corrected chi connectivity index (χ3v) is 9.09. The number of hydrogen-bond donors (Lipinski definition) is 0. The molecule has 0 N–H and O–H groups in total. The van der Waals surface area contributed by atoms with E-state index in [2.05, 4.69) is 163 Å². The summed E-state index contributed by atoms with van der Waals surface area (Å²) in [6, 6.07) is 58.6. The van der Waals surface area contributed by atoms with Crippen LogP contribution in [-0.4, -0.2) is 0 Å². The summed E-state index contributed by atoms with van der Waals surface area (Å²) in [6.07, 6.45) is 0.862. The van der Waals surface area contributed by atoms with Gasteiger partial charge in [0.25, 0.3) is 0 Å². The average molecular weight is 576 g/mol. The standard InChI is InChI=1S/C43H29NO/c1-4-15-29(16-5-1)35-28-36-33-22-11-10-19-31(33)27-37(36)43(41(35)30-17-6-2-7-18-30)44(32-20-8-3-9-21-32)38-24-14-26-40-42(38)34-23-12-13-25-39(34)45-40/h1-26,28H,27H2. The summed E-state index contributed by atoms with van der Waals surface area (Å²) in [6.45, 7) is 0. The maximum absolute atomic E-state index is 6.44. The van der Waals surface area contributed by atoms with Crippen LogP contribution in [0.15, 0.2) is 168 Å². The van der Waals surface area contributed by atoms with Gasteiger partial charge in [-0.05, 0) is 75.3 Å². The van der Waals surface area contributed by atoms with Crippen LogP contribution >= 0.6 is 0 Å². The van der Waals surface area contributed by atoms with Crippen LogP contribution in [0.2, 0.25) is 0 Å². The number of furan rings is 1. The van der Waals surface area contributed by atoms with Crippen LogP contribution in [0.25, 0.3) is 55.3 Å². The smallest absolute Gasteiger partial charge is 0.137 e. The van der Waals surface area contributed by atoms with Gasteiger partial charge in [-0.15, -0.1) is 0 Å². The second-order valence-electron chi connectivity index (χ2n) is 11.7. The van der Waals surface area contributed by atoms with Crippen molar-refractivity contribution < 1.29 is 4.42 Å². The molecular formula is C43H29NO. The predicted octanol–water partition coefficient (Wildman–Crippen LogP) is 12.0. The normalized spacial score (nSPS) is 11.9. The highest BCUT2D eigenvalue weighted by molar-refractivity contribution is 6.15. The summed E-state index contributed by atoms with van der Waals surface area (Å²) >= 11 is 0. The quantitative estimate of drug-likeness (QED) is 0.203. The molecule has 2 heteroatoms. The molecule has 7 aromatic carbocycles. The summed E-state index contributed by atoms with van der Waals surface area (Å²) in [5, 5.41) is 2.23. The molecule has 0 unspecified atom stereocenters. The third-order valence-electron chi connectivity index (χ3n) is 9.09. The number of benzene rings is 7. The molecule has 1 aromatic heterocycles. The molecule has 45 heavy (non-hydrogen) atoms. The fourth-order valence-corrected chi connectivity index (χ4v) is 7.15. The van der Waals surface area contributed by atoms with Crippen molar-refractivity contribution in [2.45, 2.75) is 6.42 Å². The molecule has 0 aliphatic heterocycles. The zero-order valence-corrected chi connectivity index (χ0v) is 24.7. The van der Waals surface area contributed by atoms with Crippen molar-refractivity contribution in [2.24, 2.45) is 0 Å². The second kappa shape index (κ2) is 10.4. The zero-order chi connectivity index (χ0) is 29.7. The minimum atomic E-state index is 0.862. The summed E-state index contributed by atoms with van der Waals surface area (Å²) in [7, 11) is 0. The lowest BCUT2D eigenvalue weighted by molar-refractivity contribution is 0.669. The van der Waals surface area contributed by atoms with E-state index in [0.29, 0.717) is 0 Å². The zero-order valence-electron chi connectivity index (χ0n) is 24.7. The largest absolute Gasteiger partial charge is 0.456 e. The Hall–Kier alpha value is -5.86. The summed E-state index contributed by atoms with van der Waals surface area (Å²) in [5.41, 5.74) is 15.3. The number of nitrogens with zero attached hydrogens (tertiary/aromatic N) is 1. The van der Waals surface area contributed by atoms with E-state index in [1.54, 1.807) is 0 Å². The first kappa shape index (κ1) is 25.6. The second-order valence-corrected chi connectivity index (χ2v) is 11.7. The van der Waals surface area contributed by atoms with Crippen molar-refractivity contribution in [3.63, 3.8) is 0 Å². The van der Waals surface area contributed by atoms with Crippen molar-refractivity contribution in [3.05, 3.63) is 175 Å². The van der Waals surface area contributed by atoms with Crippen molar-refractivity contribution in [2.75, 3.05) is 4.90 Å². The van der Waals surface area contributed by atoms with Gasteiger partial charge in [-0.3, -0.25) is 0 Å². The van der Waals surface area contributed by atoms with E-state index in [-0.39, 0.29) is 0 Å². The van der Waals surface area contributed by atoms with E-state index in [1.165, 1.54) is 50.2 Å². The lowest BCUT2D eigenvalue weighted by Crippen LogP contribution is -2.14. The van der Waals surface area contributed by atoms with Gasteiger partial charge < -0.3 is 9.32 Å². The summed E-state index contributed by atoms with van der Waals surface area (Å²) in [4.78, 5) is 2.49. The van der Waals surface area contributed by atoms with Crippen molar-refractivity contribution in [1.82, 2.24) is 0 Å². The molecule has 0 fully saturated rings. The molecule has 0 saturated carbocycles.